The molecule has 0 fully saturated rings. The van der Waals surface area contributed by atoms with Gasteiger partial charge in [-0.2, -0.15) is 0 Å². The molecule has 19 heavy (non-hydrogen) atoms. The molecular weight excluding hydrogens is 247 g/mol. The number of hydrogen-bond donors (Lipinski definition) is 1. The summed E-state index contributed by atoms with van der Waals surface area (Å²) in [7, 11) is 1.43. The lowest BCUT2D eigenvalue weighted by Crippen LogP contribution is -2.37. The number of likely N-dealkylation sites (N-methyl/N-ethyl adjacent to an activating group) is 2. The van der Waals surface area contributed by atoms with E-state index in [0.29, 0.717) is 19.6 Å². The van der Waals surface area contributed by atoms with Crippen molar-refractivity contribution >= 4 is 5.91 Å². The molecule has 0 aromatic heterocycles. The van der Waals surface area contributed by atoms with Crippen LogP contribution < -0.4 is 10.1 Å². The van der Waals surface area contributed by atoms with Gasteiger partial charge in [0, 0.05) is 13.1 Å². The number of halogens is 1. The molecule has 0 atom stereocenters. The number of amides is 1. The highest BCUT2D eigenvalue weighted by molar-refractivity contribution is 5.78. The van der Waals surface area contributed by atoms with E-state index in [0.717, 1.165) is 12.1 Å². The molecule has 0 saturated carbocycles. The molecule has 1 amide bonds. The van der Waals surface area contributed by atoms with Crippen molar-refractivity contribution in [2.75, 3.05) is 26.7 Å². The molecule has 0 heterocycles. The van der Waals surface area contributed by atoms with Crippen LogP contribution in [0.3, 0.4) is 0 Å². The first-order chi connectivity index (χ1) is 9.12. The van der Waals surface area contributed by atoms with Crippen molar-refractivity contribution < 1.29 is 13.9 Å². The number of ether oxygens (including phenoxy) is 1. The third kappa shape index (κ3) is 4.52. The molecule has 1 aromatic rings. The lowest BCUT2D eigenvalue weighted by molar-refractivity contribution is -0.130. The highest BCUT2D eigenvalue weighted by atomic mass is 19.1. The Bertz CT molecular complexity index is 424. The van der Waals surface area contributed by atoms with Gasteiger partial charge in [-0.3, -0.25) is 4.79 Å². The number of nitrogens with one attached hydrogen (secondary N) is 1. The van der Waals surface area contributed by atoms with Gasteiger partial charge in [0.2, 0.25) is 5.91 Å². The molecule has 1 N–H and O–H groups in total. The van der Waals surface area contributed by atoms with Crippen LogP contribution in [0.5, 0.6) is 5.75 Å². The number of methoxy groups -OCH3 is 1. The Hall–Kier alpha value is -1.62. The Balaban J connectivity index is 2.70. The van der Waals surface area contributed by atoms with Gasteiger partial charge in [-0.25, -0.2) is 4.39 Å². The Labute approximate surface area is 113 Å². The van der Waals surface area contributed by atoms with E-state index in [1.165, 1.54) is 13.2 Å². The fourth-order valence-electron chi connectivity index (χ4n) is 1.75. The molecule has 0 aliphatic carbocycles. The molecule has 0 radical (unpaired) electrons. The normalized spacial score (nSPS) is 10.3. The molecule has 4 nitrogen and oxygen atoms in total. The standard InChI is InChI=1S/C14H21FN2O2/c1-4-16-9-14(18)17(5-2)10-11-6-7-13(19-3)12(15)8-11/h6-8,16H,4-5,9-10H2,1-3H3. The van der Waals surface area contributed by atoms with Crippen molar-refractivity contribution in [2.45, 2.75) is 20.4 Å². The van der Waals surface area contributed by atoms with Gasteiger partial charge in [0.1, 0.15) is 0 Å². The van der Waals surface area contributed by atoms with Gasteiger partial charge in [0.15, 0.2) is 11.6 Å². The molecule has 0 spiro atoms. The number of benzene rings is 1. The average molecular weight is 268 g/mol. The largest absolute Gasteiger partial charge is 0.494 e. The lowest BCUT2D eigenvalue weighted by Gasteiger charge is -2.21. The quantitative estimate of drug-likeness (QED) is 0.820. The molecule has 106 valence electrons. The minimum Gasteiger partial charge on any atom is -0.494 e. The number of carbonyl (C=O) groups is 1. The summed E-state index contributed by atoms with van der Waals surface area (Å²) in [6.45, 7) is 5.91. The van der Waals surface area contributed by atoms with Gasteiger partial charge in [-0.1, -0.05) is 13.0 Å². The van der Waals surface area contributed by atoms with E-state index >= 15 is 0 Å². The maximum Gasteiger partial charge on any atom is 0.236 e. The van der Waals surface area contributed by atoms with Crippen LogP contribution in [0, 0.1) is 5.82 Å². The minimum absolute atomic E-state index is 0.0144. The van der Waals surface area contributed by atoms with Crippen LogP contribution in [0.2, 0.25) is 0 Å². The predicted molar refractivity (Wildman–Crippen MR) is 72.6 cm³/mol. The van der Waals surface area contributed by atoms with E-state index in [4.69, 9.17) is 4.74 Å². The summed E-state index contributed by atoms with van der Waals surface area (Å²) in [5.74, 6) is -0.179. The fourth-order valence-corrected chi connectivity index (χ4v) is 1.75. The predicted octanol–water partition coefficient (Wildman–Crippen LogP) is 1.79. The first-order valence-electron chi connectivity index (χ1n) is 6.43. The van der Waals surface area contributed by atoms with Crippen LogP contribution in [0.1, 0.15) is 19.4 Å². The highest BCUT2D eigenvalue weighted by Crippen LogP contribution is 2.18. The molecule has 0 bridgehead atoms. The van der Waals surface area contributed by atoms with E-state index in [-0.39, 0.29) is 11.7 Å². The molecular formula is C14H21FN2O2. The van der Waals surface area contributed by atoms with Crippen molar-refractivity contribution in [2.24, 2.45) is 0 Å². The van der Waals surface area contributed by atoms with Gasteiger partial charge in [0.05, 0.1) is 13.7 Å². The molecule has 5 heteroatoms. The van der Waals surface area contributed by atoms with E-state index in [1.54, 1.807) is 17.0 Å². The summed E-state index contributed by atoms with van der Waals surface area (Å²) in [4.78, 5) is 13.6. The number of nitrogens with zero attached hydrogens (tertiary/aromatic N) is 1. The van der Waals surface area contributed by atoms with Crippen LogP contribution >= 0.6 is 0 Å². The third-order valence-corrected chi connectivity index (χ3v) is 2.85. The summed E-state index contributed by atoms with van der Waals surface area (Å²) < 4.78 is 18.4. The van der Waals surface area contributed by atoms with Gasteiger partial charge in [0.25, 0.3) is 0 Å². The van der Waals surface area contributed by atoms with Crippen molar-refractivity contribution in [1.29, 1.82) is 0 Å². The van der Waals surface area contributed by atoms with E-state index in [1.807, 2.05) is 13.8 Å². The average Bonchev–Trinajstić information content (AvgIpc) is 2.42. The summed E-state index contributed by atoms with van der Waals surface area (Å²) in [6.07, 6.45) is 0. The zero-order valence-corrected chi connectivity index (χ0v) is 11.7. The first-order valence-corrected chi connectivity index (χ1v) is 6.43. The number of hydrogen-bond acceptors (Lipinski definition) is 3. The number of carbonyl (C=O) groups excluding carboxylic acids is 1. The van der Waals surface area contributed by atoms with Crippen LogP contribution in [-0.2, 0) is 11.3 Å². The molecule has 1 aromatic carbocycles. The van der Waals surface area contributed by atoms with Crippen molar-refractivity contribution in [3.63, 3.8) is 0 Å². The summed E-state index contributed by atoms with van der Waals surface area (Å²) >= 11 is 0. The third-order valence-electron chi connectivity index (χ3n) is 2.85. The Morgan fingerprint density at radius 3 is 2.68 bits per heavy atom. The zero-order chi connectivity index (χ0) is 14.3. The van der Waals surface area contributed by atoms with Gasteiger partial charge >= 0.3 is 0 Å². The zero-order valence-electron chi connectivity index (χ0n) is 11.7. The molecule has 0 saturated heterocycles. The first kappa shape index (κ1) is 15.4. The van der Waals surface area contributed by atoms with Crippen molar-refractivity contribution in [1.82, 2.24) is 10.2 Å². The maximum absolute atomic E-state index is 13.6. The summed E-state index contributed by atoms with van der Waals surface area (Å²) in [5, 5.41) is 2.99. The maximum atomic E-state index is 13.6. The van der Waals surface area contributed by atoms with Gasteiger partial charge in [-0.15, -0.1) is 0 Å². The monoisotopic (exact) mass is 268 g/mol. The topological polar surface area (TPSA) is 41.6 Å². The molecule has 0 aliphatic heterocycles. The Morgan fingerprint density at radius 1 is 1.42 bits per heavy atom. The fraction of sp³-hybridized carbons (Fsp3) is 0.500. The van der Waals surface area contributed by atoms with Crippen molar-refractivity contribution in [3.8, 4) is 5.75 Å². The second-order valence-corrected chi connectivity index (χ2v) is 4.16. The minimum atomic E-state index is -0.407. The summed E-state index contributed by atoms with van der Waals surface area (Å²) in [5.41, 5.74) is 0.755. The second-order valence-electron chi connectivity index (χ2n) is 4.16. The van der Waals surface area contributed by atoms with E-state index in [2.05, 4.69) is 5.32 Å². The smallest absolute Gasteiger partial charge is 0.236 e. The molecule has 0 unspecified atom stereocenters. The van der Waals surface area contributed by atoms with Crippen LogP contribution in [0.15, 0.2) is 18.2 Å². The van der Waals surface area contributed by atoms with E-state index in [9.17, 15) is 9.18 Å². The van der Waals surface area contributed by atoms with E-state index < -0.39 is 5.82 Å². The van der Waals surface area contributed by atoms with Crippen molar-refractivity contribution in [3.05, 3.63) is 29.6 Å². The highest BCUT2D eigenvalue weighted by Gasteiger charge is 2.12. The van der Waals surface area contributed by atoms with Gasteiger partial charge in [-0.05, 0) is 31.2 Å². The van der Waals surface area contributed by atoms with Crippen LogP contribution in [-0.4, -0.2) is 37.6 Å². The second kappa shape index (κ2) is 7.74. The van der Waals surface area contributed by atoms with Crippen LogP contribution in [0.4, 0.5) is 4.39 Å². The Kier molecular flexibility index (Phi) is 6.29. The Morgan fingerprint density at radius 2 is 2.16 bits per heavy atom. The molecule has 0 aliphatic rings. The summed E-state index contributed by atoms with van der Waals surface area (Å²) in [6, 6.07) is 4.75. The SMILES string of the molecule is CCNCC(=O)N(CC)Cc1ccc(OC)c(F)c1. The van der Waals surface area contributed by atoms with Crippen LogP contribution in [0.25, 0.3) is 0 Å². The van der Waals surface area contributed by atoms with Gasteiger partial charge < -0.3 is 15.0 Å². The molecule has 1 rings (SSSR count). The lowest BCUT2D eigenvalue weighted by atomic mass is 10.2. The number of rotatable bonds is 7.